The Kier molecular flexibility index (Phi) is 4.11. The van der Waals surface area contributed by atoms with E-state index in [-0.39, 0.29) is 18.2 Å². The van der Waals surface area contributed by atoms with Crippen molar-refractivity contribution in [2.24, 2.45) is 11.8 Å². The van der Waals surface area contributed by atoms with Gasteiger partial charge < -0.3 is 0 Å². The quantitative estimate of drug-likeness (QED) is 0.616. The predicted octanol–water partition coefficient (Wildman–Crippen LogP) is 4.37. The highest BCUT2D eigenvalue weighted by atomic mass is 35.5. The van der Waals surface area contributed by atoms with Crippen LogP contribution in [-0.4, -0.2) is 11.6 Å². The summed E-state index contributed by atoms with van der Waals surface area (Å²) in [4.78, 5) is 0. The van der Waals surface area contributed by atoms with Crippen LogP contribution >= 0.6 is 11.6 Å². The molecular formula is C10H16ClF3. The van der Waals surface area contributed by atoms with Gasteiger partial charge in [0.15, 0.2) is 0 Å². The zero-order chi connectivity index (χ0) is 10.8. The number of halogens is 4. The maximum Gasteiger partial charge on any atom is 0.391 e. The van der Waals surface area contributed by atoms with E-state index in [1.807, 2.05) is 6.92 Å². The molecule has 0 amide bonds. The molecule has 1 aliphatic rings. The third-order valence-electron chi connectivity index (χ3n) is 3.14. The smallest absolute Gasteiger partial charge is 0.171 e. The van der Waals surface area contributed by atoms with E-state index in [1.165, 1.54) is 0 Å². The third kappa shape index (κ3) is 3.04. The molecule has 1 aliphatic carbocycles. The van der Waals surface area contributed by atoms with Crippen molar-refractivity contribution in [1.29, 1.82) is 0 Å². The SMILES string of the molecule is CCC(Cl)C1CCC(C(F)(F)F)CC1. The summed E-state index contributed by atoms with van der Waals surface area (Å²) >= 11 is 6.02. The second-order valence-corrected chi connectivity index (χ2v) is 4.64. The monoisotopic (exact) mass is 228 g/mol. The lowest BCUT2D eigenvalue weighted by Crippen LogP contribution is -2.30. The molecule has 84 valence electrons. The van der Waals surface area contributed by atoms with Gasteiger partial charge in [-0.25, -0.2) is 0 Å². The minimum absolute atomic E-state index is 0.0594. The van der Waals surface area contributed by atoms with Crippen LogP contribution in [0.5, 0.6) is 0 Å². The molecule has 0 heterocycles. The molecule has 0 nitrogen and oxygen atoms in total. The van der Waals surface area contributed by atoms with E-state index < -0.39 is 12.1 Å². The normalized spacial score (nSPS) is 31.5. The second kappa shape index (κ2) is 4.73. The average molecular weight is 229 g/mol. The highest BCUT2D eigenvalue weighted by Gasteiger charge is 2.42. The molecule has 0 N–H and O–H groups in total. The Bertz CT molecular complexity index is 171. The first-order valence-electron chi connectivity index (χ1n) is 5.16. The van der Waals surface area contributed by atoms with Crippen molar-refractivity contribution in [1.82, 2.24) is 0 Å². The molecule has 1 rings (SSSR count). The van der Waals surface area contributed by atoms with E-state index >= 15 is 0 Å². The number of rotatable bonds is 2. The fourth-order valence-electron chi connectivity index (χ4n) is 2.14. The third-order valence-corrected chi connectivity index (χ3v) is 3.80. The van der Waals surface area contributed by atoms with Crippen LogP contribution in [0.25, 0.3) is 0 Å². The Labute approximate surface area is 87.8 Å². The summed E-state index contributed by atoms with van der Waals surface area (Å²) in [6.07, 6.45) is -1.37. The molecule has 1 unspecified atom stereocenters. The highest BCUT2D eigenvalue weighted by molar-refractivity contribution is 6.20. The Balaban J connectivity index is 2.39. The van der Waals surface area contributed by atoms with Crippen molar-refractivity contribution in [3.05, 3.63) is 0 Å². The molecule has 0 aromatic rings. The van der Waals surface area contributed by atoms with Gasteiger partial charge in [-0.15, -0.1) is 11.6 Å². The van der Waals surface area contributed by atoms with Gasteiger partial charge in [-0.05, 0) is 38.0 Å². The Morgan fingerprint density at radius 1 is 1.21 bits per heavy atom. The van der Waals surface area contributed by atoms with Gasteiger partial charge in [0.05, 0.1) is 5.92 Å². The summed E-state index contributed by atoms with van der Waals surface area (Å²) in [5, 5.41) is 0.0594. The van der Waals surface area contributed by atoms with Crippen LogP contribution in [0, 0.1) is 11.8 Å². The largest absolute Gasteiger partial charge is 0.391 e. The van der Waals surface area contributed by atoms with Crippen molar-refractivity contribution in [3.63, 3.8) is 0 Å². The molecule has 0 saturated heterocycles. The summed E-state index contributed by atoms with van der Waals surface area (Å²) in [7, 11) is 0. The van der Waals surface area contributed by atoms with Gasteiger partial charge in [0.1, 0.15) is 0 Å². The van der Waals surface area contributed by atoms with Gasteiger partial charge in [0, 0.05) is 5.38 Å². The zero-order valence-corrected chi connectivity index (χ0v) is 9.04. The highest BCUT2D eigenvalue weighted by Crippen LogP contribution is 2.41. The Morgan fingerprint density at radius 3 is 2.07 bits per heavy atom. The molecule has 0 aromatic heterocycles. The minimum Gasteiger partial charge on any atom is -0.171 e. The van der Waals surface area contributed by atoms with E-state index in [2.05, 4.69) is 0 Å². The maximum absolute atomic E-state index is 12.3. The van der Waals surface area contributed by atoms with Crippen LogP contribution in [0.2, 0.25) is 0 Å². The second-order valence-electron chi connectivity index (χ2n) is 4.08. The molecule has 0 spiro atoms. The van der Waals surface area contributed by atoms with Gasteiger partial charge in [0.2, 0.25) is 0 Å². The predicted molar refractivity (Wildman–Crippen MR) is 51.4 cm³/mol. The van der Waals surface area contributed by atoms with Gasteiger partial charge >= 0.3 is 6.18 Å². The molecule has 0 radical (unpaired) electrons. The lowest BCUT2D eigenvalue weighted by molar-refractivity contribution is -0.183. The van der Waals surface area contributed by atoms with Gasteiger partial charge in [0.25, 0.3) is 0 Å². The Morgan fingerprint density at radius 2 is 1.71 bits per heavy atom. The summed E-state index contributed by atoms with van der Waals surface area (Å²) in [6, 6.07) is 0. The first-order chi connectivity index (χ1) is 6.45. The zero-order valence-electron chi connectivity index (χ0n) is 8.28. The molecular weight excluding hydrogens is 213 g/mol. The fraction of sp³-hybridized carbons (Fsp3) is 1.00. The van der Waals surface area contributed by atoms with Gasteiger partial charge in [-0.2, -0.15) is 13.2 Å². The van der Waals surface area contributed by atoms with E-state index in [0.717, 1.165) is 6.42 Å². The summed E-state index contributed by atoms with van der Waals surface area (Å²) < 4.78 is 37.0. The van der Waals surface area contributed by atoms with Crippen LogP contribution in [-0.2, 0) is 0 Å². The van der Waals surface area contributed by atoms with Crippen LogP contribution < -0.4 is 0 Å². The molecule has 0 aliphatic heterocycles. The fourth-order valence-corrected chi connectivity index (χ4v) is 2.39. The van der Waals surface area contributed by atoms with Crippen LogP contribution in [0.4, 0.5) is 13.2 Å². The molecule has 4 heteroatoms. The molecule has 1 atom stereocenters. The van der Waals surface area contributed by atoms with E-state index in [9.17, 15) is 13.2 Å². The summed E-state index contributed by atoms with van der Waals surface area (Å²) in [6.45, 7) is 1.98. The van der Waals surface area contributed by atoms with E-state index in [4.69, 9.17) is 11.6 Å². The molecule has 0 bridgehead atoms. The van der Waals surface area contributed by atoms with Crippen LogP contribution in [0.1, 0.15) is 39.0 Å². The van der Waals surface area contributed by atoms with Crippen molar-refractivity contribution in [2.75, 3.05) is 0 Å². The summed E-state index contributed by atoms with van der Waals surface area (Å²) in [5.41, 5.74) is 0. The lowest BCUT2D eigenvalue weighted by atomic mass is 9.79. The minimum atomic E-state index is -4.00. The number of hydrogen-bond donors (Lipinski definition) is 0. The molecule has 1 saturated carbocycles. The van der Waals surface area contributed by atoms with Crippen molar-refractivity contribution in [2.45, 2.75) is 50.6 Å². The molecule has 14 heavy (non-hydrogen) atoms. The first kappa shape index (κ1) is 12.2. The topological polar surface area (TPSA) is 0 Å². The number of hydrogen-bond acceptors (Lipinski definition) is 0. The van der Waals surface area contributed by atoms with Gasteiger partial charge in [-0.3, -0.25) is 0 Å². The van der Waals surface area contributed by atoms with E-state index in [0.29, 0.717) is 18.8 Å². The summed E-state index contributed by atoms with van der Waals surface area (Å²) in [5.74, 6) is -0.792. The van der Waals surface area contributed by atoms with Gasteiger partial charge in [-0.1, -0.05) is 6.92 Å². The average Bonchev–Trinajstić information content (AvgIpc) is 2.15. The molecule has 1 fully saturated rings. The maximum atomic E-state index is 12.3. The van der Waals surface area contributed by atoms with Crippen LogP contribution in [0.3, 0.4) is 0 Å². The van der Waals surface area contributed by atoms with Crippen molar-refractivity contribution in [3.8, 4) is 0 Å². The van der Waals surface area contributed by atoms with Crippen LogP contribution in [0.15, 0.2) is 0 Å². The standard InChI is InChI=1S/C10H16ClF3/c1-2-9(11)7-3-5-8(6-4-7)10(12,13)14/h7-9H,2-6H2,1H3. The van der Waals surface area contributed by atoms with Crippen molar-refractivity contribution >= 4 is 11.6 Å². The van der Waals surface area contributed by atoms with E-state index in [1.54, 1.807) is 0 Å². The Hall–Kier alpha value is 0.0800. The molecule has 0 aromatic carbocycles. The number of alkyl halides is 4. The first-order valence-corrected chi connectivity index (χ1v) is 5.59. The lowest BCUT2D eigenvalue weighted by Gasteiger charge is -2.31. The van der Waals surface area contributed by atoms with Crippen molar-refractivity contribution < 1.29 is 13.2 Å².